The van der Waals surface area contributed by atoms with Crippen LogP contribution >= 0.6 is 0 Å². The quantitative estimate of drug-likeness (QED) is 0.0264. The molecule has 6 nitrogen and oxygen atoms in total. The second-order valence-electron chi connectivity index (χ2n) is 16.0. The first-order chi connectivity index (χ1) is 28.5. The van der Waals surface area contributed by atoms with E-state index in [-0.39, 0.29) is 31.6 Å². The fourth-order valence-electron chi connectivity index (χ4n) is 6.63. The lowest BCUT2D eigenvalue weighted by atomic mass is 10.1. The molecule has 0 bridgehead atoms. The summed E-state index contributed by atoms with van der Waals surface area (Å²) in [5, 5.41) is 0. The maximum atomic E-state index is 12.7. The van der Waals surface area contributed by atoms with Gasteiger partial charge in [0.2, 0.25) is 0 Å². The molecule has 0 fully saturated rings. The molecule has 0 aromatic heterocycles. The van der Waals surface area contributed by atoms with Gasteiger partial charge in [-0.2, -0.15) is 0 Å². The van der Waals surface area contributed by atoms with Gasteiger partial charge in [-0.3, -0.25) is 14.4 Å². The van der Waals surface area contributed by atoms with E-state index >= 15 is 0 Å². The molecule has 0 heterocycles. The first kappa shape index (κ1) is 55.1. The van der Waals surface area contributed by atoms with Crippen LogP contribution in [0, 0.1) is 0 Å². The van der Waals surface area contributed by atoms with Gasteiger partial charge >= 0.3 is 17.9 Å². The second kappa shape index (κ2) is 46.8. The average Bonchev–Trinajstić information content (AvgIpc) is 3.22. The summed E-state index contributed by atoms with van der Waals surface area (Å²) < 4.78 is 16.7. The third-order valence-electron chi connectivity index (χ3n) is 10.3. The van der Waals surface area contributed by atoms with Crippen LogP contribution in [0.2, 0.25) is 0 Å². The van der Waals surface area contributed by atoms with Gasteiger partial charge in [-0.15, -0.1) is 0 Å². The molecule has 0 N–H and O–H groups in total. The van der Waals surface area contributed by atoms with Crippen LogP contribution in [0.3, 0.4) is 0 Å². The van der Waals surface area contributed by atoms with Crippen molar-refractivity contribution in [2.24, 2.45) is 0 Å². The maximum Gasteiger partial charge on any atom is 0.306 e. The zero-order valence-corrected chi connectivity index (χ0v) is 38.0. The van der Waals surface area contributed by atoms with Gasteiger partial charge in [-0.1, -0.05) is 204 Å². The molecule has 0 aliphatic heterocycles. The number of hydrogen-bond donors (Lipinski definition) is 0. The molecule has 0 saturated carbocycles. The second-order valence-corrected chi connectivity index (χ2v) is 16.0. The third kappa shape index (κ3) is 44.2. The lowest BCUT2D eigenvalue weighted by Crippen LogP contribution is -2.30. The topological polar surface area (TPSA) is 78.9 Å². The van der Waals surface area contributed by atoms with Crippen molar-refractivity contribution in [2.75, 3.05) is 13.2 Å². The highest BCUT2D eigenvalue weighted by Gasteiger charge is 2.19. The van der Waals surface area contributed by atoms with Crippen LogP contribution in [0.15, 0.2) is 60.8 Å². The van der Waals surface area contributed by atoms with E-state index in [4.69, 9.17) is 14.2 Å². The number of ether oxygens (including phenoxy) is 3. The Morgan fingerprint density at radius 1 is 0.362 bits per heavy atom. The molecule has 0 aliphatic carbocycles. The zero-order chi connectivity index (χ0) is 42.3. The molecule has 0 aliphatic rings. The monoisotopic (exact) mass is 811 g/mol. The van der Waals surface area contributed by atoms with E-state index in [1.54, 1.807) is 0 Å². The molecule has 0 saturated heterocycles. The molecule has 0 rings (SSSR count). The summed E-state index contributed by atoms with van der Waals surface area (Å²) >= 11 is 0. The zero-order valence-electron chi connectivity index (χ0n) is 38.0. The van der Waals surface area contributed by atoms with Gasteiger partial charge in [-0.25, -0.2) is 0 Å². The third-order valence-corrected chi connectivity index (χ3v) is 10.3. The van der Waals surface area contributed by atoms with Crippen LogP contribution in [-0.2, 0) is 28.6 Å². The normalized spacial score (nSPS) is 12.5. The van der Waals surface area contributed by atoms with Gasteiger partial charge in [0.1, 0.15) is 13.2 Å². The predicted octanol–water partition coefficient (Wildman–Crippen LogP) is 15.7. The van der Waals surface area contributed by atoms with Gasteiger partial charge in [0.25, 0.3) is 0 Å². The Morgan fingerprint density at radius 2 is 0.707 bits per heavy atom. The van der Waals surface area contributed by atoms with Crippen molar-refractivity contribution < 1.29 is 28.6 Å². The van der Waals surface area contributed by atoms with E-state index in [1.165, 1.54) is 122 Å². The summed E-state index contributed by atoms with van der Waals surface area (Å²) in [6.45, 7) is 6.44. The molecule has 6 heteroatoms. The summed E-state index contributed by atoms with van der Waals surface area (Å²) in [6.07, 6.45) is 56.5. The average molecular weight is 811 g/mol. The molecule has 0 aromatic carbocycles. The number of rotatable bonds is 43. The van der Waals surface area contributed by atoms with Crippen molar-refractivity contribution in [1.82, 2.24) is 0 Å². The molecule has 0 aromatic rings. The number of unbranched alkanes of at least 4 members (excludes halogenated alkanes) is 22. The first-order valence-corrected chi connectivity index (χ1v) is 24.3. The first-order valence-electron chi connectivity index (χ1n) is 24.3. The Morgan fingerprint density at radius 3 is 1.12 bits per heavy atom. The van der Waals surface area contributed by atoms with E-state index in [2.05, 4.69) is 69.4 Å². The Balaban J connectivity index is 4.42. The minimum Gasteiger partial charge on any atom is -0.462 e. The number of esters is 3. The highest BCUT2D eigenvalue weighted by molar-refractivity contribution is 5.71. The summed E-state index contributed by atoms with van der Waals surface area (Å²) in [4.78, 5) is 37.8. The van der Waals surface area contributed by atoms with Crippen LogP contribution in [0.1, 0.15) is 233 Å². The number of hydrogen-bond acceptors (Lipinski definition) is 6. The van der Waals surface area contributed by atoms with Crippen molar-refractivity contribution in [3.63, 3.8) is 0 Å². The molecule has 0 radical (unpaired) electrons. The van der Waals surface area contributed by atoms with E-state index < -0.39 is 12.1 Å². The summed E-state index contributed by atoms with van der Waals surface area (Å²) in [5.74, 6) is -0.990. The van der Waals surface area contributed by atoms with Crippen LogP contribution in [0.5, 0.6) is 0 Å². The highest BCUT2D eigenvalue weighted by Crippen LogP contribution is 2.14. The molecular weight excluding hydrogens is 721 g/mol. The molecule has 1 unspecified atom stereocenters. The largest absolute Gasteiger partial charge is 0.462 e. The van der Waals surface area contributed by atoms with Crippen molar-refractivity contribution >= 4 is 17.9 Å². The smallest absolute Gasteiger partial charge is 0.306 e. The SMILES string of the molecule is CC/C=C\C/C=C\C/C=C\C/C=C\CCC(=O)OC(COC(=O)CCCCCCCCC/C=C\CCCCCCCC)COC(=O)CCCCCCCCCCCC. The molecule has 58 heavy (non-hydrogen) atoms. The fourth-order valence-corrected chi connectivity index (χ4v) is 6.63. The number of carbonyl (C=O) groups excluding carboxylic acids is 3. The Kier molecular flexibility index (Phi) is 44.5. The molecule has 1 atom stereocenters. The number of allylic oxidation sites excluding steroid dienone is 10. The van der Waals surface area contributed by atoms with E-state index in [1.807, 2.05) is 12.2 Å². The van der Waals surface area contributed by atoms with E-state index in [9.17, 15) is 14.4 Å². The van der Waals surface area contributed by atoms with E-state index in [0.29, 0.717) is 19.3 Å². The summed E-state index contributed by atoms with van der Waals surface area (Å²) in [6, 6.07) is 0. The van der Waals surface area contributed by atoms with Crippen molar-refractivity contribution in [3.05, 3.63) is 60.8 Å². The summed E-state index contributed by atoms with van der Waals surface area (Å²) in [5.41, 5.74) is 0. The molecular formula is C52H90O6. The van der Waals surface area contributed by atoms with Crippen molar-refractivity contribution in [2.45, 2.75) is 239 Å². The van der Waals surface area contributed by atoms with Gasteiger partial charge < -0.3 is 14.2 Å². The van der Waals surface area contributed by atoms with Crippen LogP contribution < -0.4 is 0 Å². The van der Waals surface area contributed by atoms with Gasteiger partial charge in [0, 0.05) is 19.3 Å². The lowest BCUT2D eigenvalue weighted by Gasteiger charge is -2.18. The van der Waals surface area contributed by atoms with Gasteiger partial charge in [-0.05, 0) is 70.6 Å². The lowest BCUT2D eigenvalue weighted by molar-refractivity contribution is -0.166. The maximum absolute atomic E-state index is 12.7. The molecule has 334 valence electrons. The minimum absolute atomic E-state index is 0.103. The van der Waals surface area contributed by atoms with Crippen LogP contribution in [-0.4, -0.2) is 37.2 Å². The molecule has 0 amide bonds. The van der Waals surface area contributed by atoms with Gasteiger partial charge in [0.15, 0.2) is 6.10 Å². The Hall–Kier alpha value is -2.89. The Labute approximate surface area is 358 Å². The highest BCUT2D eigenvalue weighted by atomic mass is 16.6. The van der Waals surface area contributed by atoms with Crippen LogP contribution in [0.25, 0.3) is 0 Å². The molecule has 0 spiro atoms. The van der Waals surface area contributed by atoms with Gasteiger partial charge in [0.05, 0.1) is 0 Å². The minimum atomic E-state index is -0.809. The fraction of sp³-hybridized carbons (Fsp3) is 0.750. The summed E-state index contributed by atoms with van der Waals surface area (Å²) in [7, 11) is 0. The number of carbonyl (C=O) groups is 3. The van der Waals surface area contributed by atoms with Crippen molar-refractivity contribution in [1.29, 1.82) is 0 Å². The van der Waals surface area contributed by atoms with Crippen LogP contribution in [0.4, 0.5) is 0 Å². The predicted molar refractivity (Wildman–Crippen MR) is 247 cm³/mol. The Bertz CT molecular complexity index is 1070. The van der Waals surface area contributed by atoms with Crippen molar-refractivity contribution in [3.8, 4) is 0 Å². The van der Waals surface area contributed by atoms with E-state index in [0.717, 1.165) is 64.2 Å². The standard InChI is InChI=1S/C52H90O6/c1-4-7-10-13-16-19-22-24-25-26-27-29-30-33-36-39-42-45-51(54)57-48-49(47-56-50(53)44-41-38-35-32-21-18-15-12-9-6-3)58-52(55)46-43-40-37-34-31-28-23-20-17-14-11-8-5-2/h8,11,17,20,24-25,28,31,37,40,49H,4-7,9-10,12-16,18-19,21-23,26-27,29-30,32-36,38-39,41-48H2,1-3H3/b11-8-,20-17-,25-24-,31-28-,40-37-.